The summed E-state index contributed by atoms with van der Waals surface area (Å²) in [5.74, 6) is 0. The average Bonchev–Trinajstić information content (AvgIpc) is 2.29. The molecular formula is C13H27N3. The van der Waals surface area contributed by atoms with Crippen LogP contribution in [0.1, 0.15) is 46.5 Å². The van der Waals surface area contributed by atoms with Crippen molar-refractivity contribution < 1.29 is 0 Å². The van der Waals surface area contributed by atoms with E-state index in [2.05, 4.69) is 30.1 Å². The molecule has 3 nitrogen and oxygen atoms in total. The lowest BCUT2D eigenvalue weighted by atomic mass is 9.98. The van der Waals surface area contributed by atoms with Gasteiger partial charge in [-0.3, -0.25) is 0 Å². The molecule has 1 unspecified atom stereocenters. The number of nitrogens with zero attached hydrogens (tertiary/aromatic N) is 2. The quantitative estimate of drug-likeness (QED) is 0.655. The molecule has 0 saturated carbocycles. The molecule has 0 aromatic carbocycles. The van der Waals surface area contributed by atoms with E-state index in [4.69, 9.17) is 5.26 Å². The van der Waals surface area contributed by atoms with Crippen LogP contribution in [0.5, 0.6) is 0 Å². The second kappa shape index (κ2) is 8.55. The summed E-state index contributed by atoms with van der Waals surface area (Å²) in [6.07, 6.45) is 4.43. The maximum Gasteiger partial charge on any atom is 0.103 e. The highest BCUT2D eigenvalue weighted by molar-refractivity contribution is 5.02. The highest BCUT2D eigenvalue weighted by atomic mass is 15.1. The summed E-state index contributed by atoms with van der Waals surface area (Å²) >= 11 is 0. The minimum Gasteiger partial charge on any atom is -0.303 e. The molecule has 0 rings (SSSR count). The highest BCUT2D eigenvalue weighted by Crippen LogP contribution is 2.11. The average molecular weight is 225 g/mol. The van der Waals surface area contributed by atoms with Crippen molar-refractivity contribution in [3.8, 4) is 6.07 Å². The molecule has 0 bridgehead atoms. The van der Waals surface area contributed by atoms with E-state index < -0.39 is 0 Å². The molecule has 0 radical (unpaired) electrons. The first-order chi connectivity index (χ1) is 7.61. The van der Waals surface area contributed by atoms with Crippen molar-refractivity contribution in [2.45, 2.75) is 52.0 Å². The van der Waals surface area contributed by atoms with E-state index in [1.54, 1.807) is 0 Å². The third-order valence-electron chi connectivity index (χ3n) is 3.03. The van der Waals surface area contributed by atoms with Crippen molar-refractivity contribution in [2.24, 2.45) is 0 Å². The largest absolute Gasteiger partial charge is 0.303 e. The van der Waals surface area contributed by atoms with Crippen LogP contribution < -0.4 is 5.32 Å². The summed E-state index contributed by atoms with van der Waals surface area (Å²) in [6, 6.07) is 2.34. The lowest BCUT2D eigenvalue weighted by Gasteiger charge is -2.24. The third kappa shape index (κ3) is 6.09. The molecule has 1 N–H and O–H groups in total. The molecule has 0 spiro atoms. The monoisotopic (exact) mass is 225 g/mol. The minimum absolute atomic E-state index is 0.357. The van der Waals surface area contributed by atoms with Crippen LogP contribution in [0.4, 0.5) is 0 Å². The van der Waals surface area contributed by atoms with Gasteiger partial charge in [0.25, 0.3) is 0 Å². The molecule has 0 amide bonds. The fourth-order valence-electron chi connectivity index (χ4n) is 1.86. The molecule has 0 fully saturated rings. The fraction of sp³-hybridized carbons (Fsp3) is 0.923. The van der Waals surface area contributed by atoms with E-state index in [9.17, 15) is 0 Å². The van der Waals surface area contributed by atoms with Crippen LogP contribution in [0, 0.1) is 11.3 Å². The van der Waals surface area contributed by atoms with Gasteiger partial charge in [-0.1, -0.05) is 13.8 Å². The molecule has 1 atom stereocenters. The standard InChI is InChI=1S/C13H27N3/c1-5-9-16(10-6-2)11-7-8-13(3,12-14)15-4/h15H,5-11H2,1-4H3. The van der Waals surface area contributed by atoms with Gasteiger partial charge in [0.05, 0.1) is 6.07 Å². The predicted molar refractivity (Wildman–Crippen MR) is 69.3 cm³/mol. The first kappa shape index (κ1) is 15.4. The third-order valence-corrected chi connectivity index (χ3v) is 3.03. The summed E-state index contributed by atoms with van der Waals surface area (Å²) in [7, 11) is 1.86. The Kier molecular flexibility index (Phi) is 8.23. The Bertz CT molecular complexity index is 204. The Balaban J connectivity index is 3.89. The molecule has 94 valence electrons. The summed E-state index contributed by atoms with van der Waals surface area (Å²) in [6.45, 7) is 9.87. The predicted octanol–water partition coefficient (Wildman–Crippen LogP) is 2.39. The maximum absolute atomic E-state index is 9.03. The van der Waals surface area contributed by atoms with Gasteiger partial charge >= 0.3 is 0 Å². The van der Waals surface area contributed by atoms with Gasteiger partial charge in [-0.05, 0) is 59.3 Å². The van der Waals surface area contributed by atoms with Crippen molar-refractivity contribution in [3.63, 3.8) is 0 Å². The highest BCUT2D eigenvalue weighted by Gasteiger charge is 2.20. The van der Waals surface area contributed by atoms with E-state index in [0.29, 0.717) is 0 Å². The van der Waals surface area contributed by atoms with Gasteiger partial charge in [0, 0.05) is 0 Å². The fourth-order valence-corrected chi connectivity index (χ4v) is 1.86. The summed E-state index contributed by atoms with van der Waals surface area (Å²) in [4.78, 5) is 2.49. The first-order valence-electron chi connectivity index (χ1n) is 6.44. The van der Waals surface area contributed by atoms with E-state index in [1.165, 1.54) is 25.9 Å². The number of rotatable bonds is 9. The van der Waals surface area contributed by atoms with Crippen molar-refractivity contribution in [3.05, 3.63) is 0 Å². The van der Waals surface area contributed by atoms with E-state index in [-0.39, 0.29) is 5.54 Å². The molecule has 3 heteroatoms. The number of hydrogen-bond acceptors (Lipinski definition) is 3. The van der Waals surface area contributed by atoms with Crippen LogP contribution in [0.25, 0.3) is 0 Å². The maximum atomic E-state index is 9.03. The van der Waals surface area contributed by atoms with E-state index in [0.717, 1.165) is 19.4 Å². The lowest BCUT2D eigenvalue weighted by Crippen LogP contribution is -2.39. The zero-order chi connectivity index (χ0) is 12.4. The van der Waals surface area contributed by atoms with Gasteiger partial charge in [0.15, 0.2) is 0 Å². The lowest BCUT2D eigenvalue weighted by molar-refractivity contribution is 0.259. The summed E-state index contributed by atoms with van der Waals surface area (Å²) in [5.41, 5.74) is -0.357. The van der Waals surface area contributed by atoms with Crippen LogP contribution in [0.3, 0.4) is 0 Å². The first-order valence-corrected chi connectivity index (χ1v) is 6.44. The Labute approximate surface area is 101 Å². The molecule has 0 heterocycles. The van der Waals surface area contributed by atoms with Crippen molar-refractivity contribution in [1.29, 1.82) is 5.26 Å². The van der Waals surface area contributed by atoms with E-state index >= 15 is 0 Å². The van der Waals surface area contributed by atoms with Crippen molar-refractivity contribution >= 4 is 0 Å². The molecule has 0 aliphatic carbocycles. The molecule has 0 aromatic heterocycles. The van der Waals surface area contributed by atoms with E-state index in [1.807, 2.05) is 14.0 Å². The minimum atomic E-state index is -0.357. The molecule has 16 heavy (non-hydrogen) atoms. The Hall–Kier alpha value is -0.590. The molecular weight excluding hydrogens is 198 g/mol. The van der Waals surface area contributed by atoms with Crippen molar-refractivity contribution in [1.82, 2.24) is 10.2 Å². The molecule has 0 aliphatic heterocycles. The van der Waals surface area contributed by atoms with Gasteiger partial charge in [0.1, 0.15) is 5.54 Å². The van der Waals surface area contributed by atoms with Gasteiger partial charge in [-0.2, -0.15) is 5.26 Å². The normalized spacial score (nSPS) is 14.8. The molecule has 0 aromatic rings. The zero-order valence-electron chi connectivity index (χ0n) is 11.3. The second-order valence-corrected chi connectivity index (χ2v) is 4.64. The van der Waals surface area contributed by atoms with Crippen LogP contribution in [-0.4, -0.2) is 37.1 Å². The molecule has 0 saturated heterocycles. The smallest absolute Gasteiger partial charge is 0.103 e. The summed E-state index contributed by atoms with van der Waals surface area (Å²) < 4.78 is 0. The number of hydrogen-bond donors (Lipinski definition) is 1. The Morgan fingerprint density at radius 2 is 1.75 bits per heavy atom. The number of nitriles is 1. The van der Waals surface area contributed by atoms with Gasteiger partial charge in [-0.25, -0.2) is 0 Å². The summed E-state index contributed by atoms with van der Waals surface area (Å²) in [5, 5.41) is 12.1. The second-order valence-electron chi connectivity index (χ2n) is 4.64. The SMILES string of the molecule is CCCN(CCC)CCCC(C)(C#N)NC. The van der Waals surface area contributed by atoms with Crippen LogP contribution in [-0.2, 0) is 0 Å². The number of nitrogens with one attached hydrogen (secondary N) is 1. The zero-order valence-corrected chi connectivity index (χ0v) is 11.3. The topological polar surface area (TPSA) is 39.1 Å². The van der Waals surface area contributed by atoms with Crippen LogP contribution in [0.15, 0.2) is 0 Å². The van der Waals surface area contributed by atoms with Gasteiger partial charge in [0.2, 0.25) is 0 Å². The molecule has 0 aliphatic rings. The Morgan fingerprint density at radius 3 is 2.12 bits per heavy atom. The van der Waals surface area contributed by atoms with Crippen molar-refractivity contribution in [2.75, 3.05) is 26.7 Å². The van der Waals surface area contributed by atoms with Gasteiger partial charge < -0.3 is 10.2 Å². The van der Waals surface area contributed by atoms with Crippen LogP contribution >= 0.6 is 0 Å². The Morgan fingerprint density at radius 1 is 1.19 bits per heavy atom. The van der Waals surface area contributed by atoms with Gasteiger partial charge in [-0.15, -0.1) is 0 Å². The van der Waals surface area contributed by atoms with Crippen LogP contribution in [0.2, 0.25) is 0 Å².